The number of aromatic nitrogens is 4. The number of halogens is 1. The Morgan fingerprint density at radius 2 is 2.24 bits per heavy atom. The van der Waals surface area contributed by atoms with Gasteiger partial charge in [0.2, 0.25) is 0 Å². The second kappa shape index (κ2) is 6.97. The Labute approximate surface area is 136 Å². The third-order valence-corrected chi connectivity index (χ3v) is 4.74. The minimum Gasteiger partial charge on any atom is -0.481 e. The van der Waals surface area contributed by atoms with E-state index < -0.39 is 5.97 Å². The van der Waals surface area contributed by atoms with E-state index in [1.54, 1.807) is 4.68 Å². The van der Waals surface area contributed by atoms with Crippen LogP contribution < -0.4 is 0 Å². The number of rotatable bonds is 6. The van der Waals surface area contributed by atoms with Crippen molar-refractivity contribution in [2.45, 2.75) is 39.2 Å². The van der Waals surface area contributed by atoms with Gasteiger partial charge in [-0.25, -0.2) is 4.68 Å². The van der Waals surface area contributed by atoms with Crippen molar-refractivity contribution >= 4 is 28.6 Å². The van der Waals surface area contributed by atoms with Gasteiger partial charge < -0.3 is 5.11 Å². The number of aliphatic carboxylic acids is 1. The number of benzene rings is 1. The number of carboxylic acids is 1. The monoisotopic (exact) mass is 400 g/mol. The first-order chi connectivity index (χ1) is 10.0. The van der Waals surface area contributed by atoms with Crippen LogP contribution in [0.1, 0.15) is 37.8 Å². The van der Waals surface area contributed by atoms with E-state index in [4.69, 9.17) is 5.11 Å². The molecule has 0 aliphatic rings. The lowest BCUT2D eigenvalue weighted by atomic mass is 10.1. The van der Waals surface area contributed by atoms with Gasteiger partial charge in [-0.1, -0.05) is 31.5 Å². The molecule has 2 rings (SSSR count). The van der Waals surface area contributed by atoms with Crippen LogP contribution in [0.5, 0.6) is 0 Å². The Balaban J connectivity index is 2.45. The Bertz CT molecular complexity index is 642. The second-order valence-electron chi connectivity index (χ2n) is 4.92. The number of carboxylic acid groups (broad SMARTS) is 1. The third kappa shape index (κ3) is 3.58. The quantitative estimate of drug-likeness (QED) is 0.754. The molecule has 21 heavy (non-hydrogen) atoms. The minimum absolute atomic E-state index is 0.0221. The number of tetrazole rings is 1. The average molecular weight is 400 g/mol. The van der Waals surface area contributed by atoms with Crippen LogP contribution in [-0.4, -0.2) is 31.3 Å². The number of carbonyl (C=O) groups is 1. The van der Waals surface area contributed by atoms with E-state index in [1.165, 1.54) is 0 Å². The number of nitrogens with zero attached hydrogens (tertiary/aromatic N) is 4. The second-order valence-corrected chi connectivity index (χ2v) is 6.00. The largest absolute Gasteiger partial charge is 0.481 e. The van der Waals surface area contributed by atoms with Gasteiger partial charge in [0.05, 0.1) is 12.5 Å². The van der Waals surface area contributed by atoms with Crippen molar-refractivity contribution in [3.05, 3.63) is 27.3 Å². The predicted molar refractivity (Wildman–Crippen MR) is 86.9 cm³/mol. The van der Waals surface area contributed by atoms with Gasteiger partial charge in [0.1, 0.15) is 0 Å². The Hall–Kier alpha value is -1.51. The molecule has 0 spiro atoms. The van der Waals surface area contributed by atoms with E-state index in [-0.39, 0.29) is 12.5 Å². The zero-order valence-corrected chi connectivity index (χ0v) is 14.1. The highest BCUT2D eigenvalue weighted by Gasteiger charge is 2.22. The van der Waals surface area contributed by atoms with Gasteiger partial charge in [-0.05, 0) is 51.9 Å². The summed E-state index contributed by atoms with van der Waals surface area (Å²) in [5.41, 5.74) is 2.08. The average Bonchev–Trinajstić information content (AvgIpc) is 2.90. The molecule has 1 unspecified atom stereocenters. The van der Waals surface area contributed by atoms with E-state index in [9.17, 15) is 4.79 Å². The summed E-state index contributed by atoms with van der Waals surface area (Å²) in [5, 5.41) is 21.0. The SMILES string of the molecule is CCCC(CC(=O)O)n1nnnc1-c1cccc(C)c1I. The van der Waals surface area contributed by atoms with Gasteiger partial charge in [0.25, 0.3) is 0 Å². The predicted octanol–water partition coefficient (Wildman–Crippen LogP) is 3.07. The summed E-state index contributed by atoms with van der Waals surface area (Å²) in [5.74, 6) is -0.211. The molecule has 0 radical (unpaired) electrons. The summed E-state index contributed by atoms with van der Waals surface area (Å²) in [6.07, 6.45) is 1.63. The molecule has 112 valence electrons. The molecule has 0 saturated carbocycles. The molecule has 6 nitrogen and oxygen atoms in total. The van der Waals surface area contributed by atoms with E-state index in [0.717, 1.165) is 27.5 Å². The first kappa shape index (κ1) is 15.9. The molecule has 1 N–H and O–H groups in total. The Morgan fingerprint density at radius 1 is 1.48 bits per heavy atom. The molecule has 0 bridgehead atoms. The van der Waals surface area contributed by atoms with Crippen LogP contribution in [0.3, 0.4) is 0 Å². The first-order valence-electron chi connectivity index (χ1n) is 6.79. The van der Waals surface area contributed by atoms with Crippen LogP contribution in [0.25, 0.3) is 11.4 Å². The zero-order valence-electron chi connectivity index (χ0n) is 12.0. The lowest BCUT2D eigenvalue weighted by Gasteiger charge is -2.16. The van der Waals surface area contributed by atoms with Gasteiger partial charge >= 0.3 is 5.97 Å². The highest BCUT2D eigenvalue weighted by Crippen LogP contribution is 2.29. The van der Waals surface area contributed by atoms with Crippen LogP contribution >= 0.6 is 22.6 Å². The van der Waals surface area contributed by atoms with Gasteiger partial charge in [-0.3, -0.25) is 4.79 Å². The minimum atomic E-state index is -0.839. The summed E-state index contributed by atoms with van der Waals surface area (Å²) in [7, 11) is 0. The first-order valence-corrected chi connectivity index (χ1v) is 7.87. The van der Waals surface area contributed by atoms with E-state index >= 15 is 0 Å². The molecule has 1 atom stereocenters. The summed E-state index contributed by atoms with van der Waals surface area (Å²) >= 11 is 2.27. The molecule has 0 amide bonds. The number of hydrogen-bond acceptors (Lipinski definition) is 4. The maximum absolute atomic E-state index is 11.1. The van der Waals surface area contributed by atoms with Crippen molar-refractivity contribution < 1.29 is 9.90 Å². The molecule has 1 aromatic carbocycles. The van der Waals surface area contributed by atoms with E-state index in [2.05, 4.69) is 38.1 Å². The Kier molecular flexibility index (Phi) is 5.27. The van der Waals surface area contributed by atoms with Crippen molar-refractivity contribution in [3.8, 4) is 11.4 Å². The van der Waals surface area contributed by atoms with Crippen molar-refractivity contribution in [2.75, 3.05) is 0 Å². The van der Waals surface area contributed by atoms with Gasteiger partial charge in [0.15, 0.2) is 5.82 Å². The molecular weight excluding hydrogens is 383 g/mol. The summed E-state index contributed by atoms with van der Waals surface area (Å²) in [6.45, 7) is 4.05. The summed E-state index contributed by atoms with van der Waals surface area (Å²) < 4.78 is 2.73. The van der Waals surface area contributed by atoms with Gasteiger partial charge in [0, 0.05) is 9.13 Å². The van der Waals surface area contributed by atoms with Crippen molar-refractivity contribution in [2.24, 2.45) is 0 Å². The Morgan fingerprint density at radius 3 is 2.90 bits per heavy atom. The van der Waals surface area contributed by atoms with Crippen molar-refractivity contribution in [1.82, 2.24) is 20.2 Å². The van der Waals surface area contributed by atoms with Crippen LogP contribution in [-0.2, 0) is 4.79 Å². The maximum atomic E-state index is 11.1. The lowest BCUT2D eigenvalue weighted by molar-refractivity contribution is -0.138. The normalized spacial score (nSPS) is 12.3. The third-order valence-electron chi connectivity index (χ3n) is 3.30. The molecule has 0 aliphatic carbocycles. The molecule has 7 heteroatoms. The van der Waals surface area contributed by atoms with Gasteiger partial charge in [-0.2, -0.15) is 0 Å². The molecular formula is C14H17IN4O2. The maximum Gasteiger partial charge on any atom is 0.305 e. The summed E-state index contributed by atoms with van der Waals surface area (Å²) in [4.78, 5) is 11.1. The zero-order chi connectivity index (χ0) is 15.4. The fourth-order valence-corrected chi connectivity index (χ4v) is 2.88. The summed E-state index contributed by atoms with van der Waals surface area (Å²) in [6, 6.07) is 5.72. The molecule has 0 fully saturated rings. The molecule has 1 heterocycles. The molecule has 0 saturated heterocycles. The molecule has 2 aromatic rings. The molecule has 0 aliphatic heterocycles. The highest BCUT2D eigenvalue weighted by atomic mass is 127. The van der Waals surface area contributed by atoms with Crippen LogP contribution in [0, 0.1) is 10.5 Å². The van der Waals surface area contributed by atoms with Gasteiger partial charge in [-0.15, -0.1) is 5.10 Å². The van der Waals surface area contributed by atoms with Crippen molar-refractivity contribution in [3.63, 3.8) is 0 Å². The topological polar surface area (TPSA) is 80.9 Å². The highest BCUT2D eigenvalue weighted by molar-refractivity contribution is 14.1. The van der Waals surface area contributed by atoms with Crippen molar-refractivity contribution in [1.29, 1.82) is 0 Å². The van der Waals surface area contributed by atoms with E-state index in [0.29, 0.717) is 5.82 Å². The van der Waals surface area contributed by atoms with Crippen LogP contribution in [0.4, 0.5) is 0 Å². The fourth-order valence-electron chi connectivity index (χ4n) is 2.28. The van der Waals surface area contributed by atoms with Crippen LogP contribution in [0.2, 0.25) is 0 Å². The number of hydrogen-bond donors (Lipinski definition) is 1. The standard InChI is InChI=1S/C14H17IN4O2/c1-3-5-10(8-12(20)21)19-14(16-17-18-19)11-7-4-6-9(2)13(11)15/h4,6-7,10H,3,5,8H2,1-2H3,(H,20,21). The molecule has 1 aromatic heterocycles. The van der Waals surface area contributed by atoms with E-state index in [1.807, 2.05) is 32.0 Å². The van der Waals surface area contributed by atoms with Crippen LogP contribution in [0.15, 0.2) is 18.2 Å². The lowest BCUT2D eigenvalue weighted by Crippen LogP contribution is -2.16. The smallest absolute Gasteiger partial charge is 0.305 e. The number of aryl methyl sites for hydroxylation is 1. The fraction of sp³-hybridized carbons (Fsp3) is 0.429.